The lowest BCUT2D eigenvalue weighted by atomic mass is 10.2. The molecule has 1 fully saturated rings. The summed E-state index contributed by atoms with van der Waals surface area (Å²) in [6.45, 7) is 1.83. The molecule has 1 unspecified atom stereocenters. The molecule has 0 aliphatic heterocycles. The van der Waals surface area contributed by atoms with E-state index in [4.69, 9.17) is 0 Å². The van der Waals surface area contributed by atoms with E-state index < -0.39 is 0 Å². The fourth-order valence-corrected chi connectivity index (χ4v) is 0.789. The Hall–Kier alpha value is -0.660. The summed E-state index contributed by atoms with van der Waals surface area (Å²) in [4.78, 5) is 21.0. The molecule has 2 nitrogen and oxygen atoms in total. The largest absolute Gasteiger partial charge is 0.300 e. The molecule has 0 saturated heterocycles. The molecular weight excluding hydrogens is 116 g/mol. The third-order valence-electron chi connectivity index (χ3n) is 1.61. The van der Waals surface area contributed by atoms with Crippen LogP contribution in [0.1, 0.15) is 26.2 Å². The Kier molecular flexibility index (Phi) is 1.65. The summed E-state index contributed by atoms with van der Waals surface area (Å²) in [5.74, 6) is 0.583. The second-order valence-corrected chi connectivity index (χ2v) is 2.46. The molecule has 0 aromatic carbocycles. The molecule has 1 aliphatic carbocycles. The highest BCUT2D eigenvalue weighted by atomic mass is 16.1. The number of hydrogen-bond acceptors (Lipinski definition) is 2. The van der Waals surface area contributed by atoms with Gasteiger partial charge in [-0.3, -0.25) is 9.59 Å². The van der Waals surface area contributed by atoms with Gasteiger partial charge in [-0.1, -0.05) is 6.92 Å². The van der Waals surface area contributed by atoms with Crippen LogP contribution >= 0.6 is 0 Å². The van der Waals surface area contributed by atoms with Gasteiger partial charge >= 0.3 is 0 Å². The van der Waals surface area contributed by atoms with Gasteiger partial charge in [0.05, 0.1) is 0 Å². The number of rotatable bonds is 3. The van der Waals surface area contributed by atoms with Crippen LogP contribution in [0.25, 0.3) is 0 Å². The van der Waals surface area contributed by atoms with Crippen molar-refractivity contribution in [2.75, 3.05) is 0 Å². The van der Waals surface area contributed by atoms with E-state index in [1.54, 1.807) is 0 Å². The lowest BCUT2D eigenvalue weighted by Gasteiger charge is -1.88. The Balaban J connectivity index is 2.19. The summed E-state index contributed by atoms with van der Waals surface area (Å²) in [7, 11) is 0. The molecule has 0 spiro atoms. The number of Topliss-reactive ketones (excluding diaryl/α,β-unsaturated/α-hetero) is 2. The first-order chi connectivity index (χ1) is 4.24. The van der Waals surface area contributed by atoms with Gasteiger partial charge in [0.25, 0.3) is 0 Å². The summed E-state index contributed by atoms with van der Waals surface area (Å²) in [5.41, 5.74) is 0. The maximum Gasteiger partial charge on any atom is 0.137 e. The van der Waals surface area contributed by atoms with Gasteiger partial charge in [0, 0.05) is 25.2 Å². The first-order valence-corrected chi connectivity index (χ1v) is 3.28. The lowest BCUT2D eigenvalue weighted by molar-refractivity contribution is -0.120. The van der Waals surface area contributed by atoms with Crippen molar-refractivity contribution in [3.8, 4) is 0 Å². The van der Waals surface area contributed by atoms with Crippen molar-refractivity contribution in [3.05, 3.63) is 0 Å². The van der Waals surface area contributed by atoms with Crippen molar-refractivity contribution in [2.24, 2.45) is 5.92 Å². The molecule has 1 atom stereocenters. The molecule has 0 heterocycles. The minimum atomic E-state index is 0.109. The van der Waals surface area contributed by atoms with Gasteiger partial charge in [0.1, 0.15) is 11.6 Å². The zero-order chi connectivity index (χ0) is 6.85. The first kappa shape index (κ1) is 6.46. The van der Waals surface area contributed by atoms with Gasteiger partial charge in [0.2, 0.25) is 0 Å². The summed E-state index contributed by atoms with van der Waals surface area (Å²) >= 11 is 0. The summed E-state index contributed by atoms with van der Waals surface area (Å²) in [6.07, 6.45) is 1.71. The Morgan fingerprint density at radius 2 is 2.33 bits per heavy atom. The predicted octanol–water partition coefficient (Wildman–Crippen LogP) is 0.945. The average molecular weight is 126 g/mol. The van der Waals surface area contributed by atoms with Gasteiger partial charge in [-0.05, 0) is 0 Å². The molecule has 0 N–H and O–H groups in total. The van der Waals surface area contributed by atoms with E-state index in [-0.39, 0.29) is 17.5 Å². The monoisotopic (exact) mass is 126 g/mol. The van der Waals surface area contributed by atoms with Gasteiger partial charge in [-0.2, -0.15) is 0 Å². The van der Waals surface area contributed by atoms with E-state index in [9.17, 15) is 9.59 Å². The summed E-state index contributed by atoms with van der Waals surface area (Å²) < 4.78 is 0. The van der Waals surface area contributed by atoms with Crippen molar-refractivity contribution < 1.29 is 9.59 Å². The highest BCUT2D eigenvalue weighted by Crippen LogP contribution is 2.27. The van der Waals surface area contributed by atoms with Crippen LogP contribution in [0.15, 0.2) is 0 Å². The number of ketones is 2. The Bertz CT molecular complexity index is 149. The molecule has 0 amide bonds. The quantitative estimate of drug-likeness (QED) is 0.564. The number of carbonyl (C=O) groups is 2. The zero-order valence-electron chi connectivity index (χ0n) is 5.52. The minimum Gasteiger partial charge on any atom is -0.300 e. The van der Waals surface area contributed by atoms with E-state index in [0.29, 0.717) is 19.3 Å². The molecular formula is C7H10O2. The molecule has 2 heteroatoms. The van der Waals surface area contributed by atoms with E-state index in [1.165, 1.54) is 0 Å². The molecule has 1 saturated carbocycles. The van der Waals surface area contributed by atoms with Crippen LogP contribution in [0.4, 0.5) is 0 Å². The van der Waals surface area contributed by atoms with Gasteiger partial charge in [0.15, 0.2) is 0 Å². The predicted molar refractivity (Wildman–Crippen MR) is 33.0 cm³/mol. The Morgan fingerprint density at radius 3 is 2.67 bits per heavy atom. The van der Waals surface area contributed by atoms with Gasteiger partial charge in [-0.25, -0.2) is 0 Å². The van der Waals surface area contributed by atoms with Crippen molar-refractivity contribution >= 4 is 11.6 Å². The van der Waals surface area contributed by atoms with Crippen LogP contribution in [0.5, 0.6) is 0 Å². The van der Waals surface area contributed by atoms with Crippen molar-refractivity contribution in [1.29, 1.82) is 0 Å². The van der Waals surface area contributed by atoms with E-state index in [0.717, 1.165) is 0 Å². The Labute approximate surface area is 54.2 Å². The molecule has 0 aromatic heterocycles. The second kappa shape index (κ2) is 2.29. The minimum absolute atomic E-state index is 0.109. The molecule has 1 rings (SSSR count). The molecule has 0 radical (unpaired) electrons. The van der Waals surface area contributed by atoms with Crippen LogP contribution in [-0.4, -0.2) is 11.6 Å². The van der Waals surface area contributed by atoms with E-state index in [1.807, 2.05) is 6.92 Å². The maximum absolute atomic E-state index is 10.7. The number of hydrogen-bond donors (Lipinski definition) is 0. The first-order valence-electron chi connectivity index (χ1n) is 3.28. The molecule has 1 aliphatic rings. The lowest BCUT2D eigenvalue weighted by Crippen LogP contribution is -1.96. The standard InChI is InChI=1S/C7H10O2/c1-2-6(8)3-5-4-7(5)9/h5H,2-4H2,1H3. The summed E-state index contributed by atoms with van der Waals surface area (Å²) in [5, 5.41) is 0. The van der Waals surface area contributed by atoms with Crippen molar-refractivity contribution in [1.82, 2.24) is 0 Å². The van der Waals surface area contributed by atoms with Gasteiger partial charge < -0.3 is 0 Å². The maximum atomic E-state index is 10.7. The van der Waals surface area contributed by atoms with Crippen LogP contribution < -0.4 is 0 Å². The number of carbonyl (C=O) groups excluding carboxylic acids is 2. The third kappa shape index (κ3) is 1.63. The van der Waals surface area contributed by atoms with Crippen LogP contribution in [0, 0.1) is 5.92 Å². The highest BCUT2D eigenvalue weighted by Gasteiger charge is 2.35. The highest BCUT2D eigenvalue weighted by molar-refractivity contribution is 5.99. The smallest absolute Gasteiger partial charge is 0.137 e. The van der Waals surface area contributed by atoms with Crippen molar-refractivity contribution in [2.45, 2.75) is 26.2 Å². The summed E-state index contributed by atoms with van der Waals surface area (Å²) in [6, 6.07) is 0. The van der Waals surface area contributed by atoms with E-state index in [2.05, 4.69) is 0 Å². The van der Waals surface area contributed by atoms with E-state index >= 15 is 0 Å². The normalized spacial score (nSPS) is 24.1. The topological polar surface area (TPSA) is 34.1 Å². The van der Waals surface area contributed by atoms with Crippen molar-refractivity contribution in [3.63, 3.8) is 0 Å². The molecule has 9 heavy (non-hydrogen) atoms. The second-order valence-electron chi connectivity index (χ2n) is 2.46. The molecule has 0 aromatic rings. The van der Waals surface area contributed by atoms with Crippen LogP contribution in [-0.2, 0) is 9.59 Å². The zero-order valence-corrected chi connectivity index (χ0v) is 5.52. The fraction of sp³-hybridized carbons (Fsp3) is 0.714. The SMILES string of the molecule is CCC(=O)CC1CC1=O. The Morgan fingerprint density at radius 1 is 1.78 bits per heavy atom. The third-order valence-corrected chi connectivity index (χ3v) is 1.61. The average Bonchev–Trinajstić information content (AvgIpc) is 2.47. The fourth-order valence-electron chi connectivity index (χ4n) is 0.789. The molecule has 50 valence electrons. The van der Waals surface area contributed by atoms with Crippen LogP contribution in [0.2, 0.25) is 0 Å². The van der Waals surface area contributed by atoms with Crippen LogP contribution in [0.3, 0.4) is 0 Å². The molecule has 0 bridgehead atoms. The van der Waals surface area contributed by atoms with Gasteiger partial charge in [-0.15, -0.1) is 0 Å².